The van der Waals surface area contributed by atoms with Gasteiger partial charge in [0.1, 0.15) is 5.82 Å². The monoisotopic (exact) mass is 221 g/mol. The van der Waals surface area contributed by atoms with E-state index in [0.717, 1.165) is 18.1 Å². The summed E-state index contributed by atoms with van der Waals surface area (Å²) in [5.41, 5.74) is 0.820. The zero-order chi connectivity index (χ0) is 12.1. The van der Waals surface area contributed by atoms with Gasteiger partial charge in [-0.2, -0.15) is 0 Å². The van der Waals surface area contributed by atoms with Gasteiger partial charge in [0, 0.05) is 19.5 Å². The minimum absolute atomic E-state index is 0.00144. The van der Waals surface area contributed by atoms with Crippen molar-refractivity contribution < 1.29 is 4.79 Å². The first kappa shape index (κ1) is 12.5. The zero-order valence-electron chi connectivity index (χ0n) is 10.3. The van der Waals surface area contributed by atoms with Gasteiger partial charge in [-0.05, 0) is 19.1 Å². The number of aromatic nitrogens is 1. The molecule has 88 valence electrons. The number of anilines is 2. The largest absolute Gasteiger partial charge is 0.370 e. The number of hydrogen-bond acceptors (Lipinski definition) is 3. The molecule has 4 heteroatoms. The lowest BCUT2D eigenvalue weighted by Gasteiger charge is -2.19. The van der Waals surface area contributed by atoms with Gasteiger partial charge in [0.2, 0.25) is 5.91 Å². The second kappa shape index (κ2) is 5.49. The van der Waals surface area contributed by atoms with E-state index >= 15 is 0 Å². The van der Waals surface area contributed by atoms with Crippen LogP contribution in [-0.4, -0.2) is 24.5 Å². The van der Waals surface area contributed by atoms with Crippen LogP contribution in [0.4, 0.5) is 11.5 Å². The van der Waals surface area contributed by atoms with E-state index in [1.165, 1.54) is 0 Å². The number of carbonyl (C=O) groups is 1. The summed E-state index contributed by atoms with van der Waals surface area (Å²) < 4.78 is 0. The normalized spacial score (nSPS) is 10.3. The molecule has 0 aliphatic rings. The highest BCUT2D eigenvalue weighted by Gasteiger charge is 2.14. The fourth-order valence-electron chi connectivity index (χ4n) is 1.38. The summed E-state index contributed by atoms with van der Waals surface area (Å²) in [5.74, 6) is 0.924. The molecule has 1 N–H and O–H groups in total. The minimum Gasteiger partial charge on any atom is -0.370 e. The van der Waals surface area contributed by atoms with Crippen LogP contribution in [0.5, 0.6) is 0 Å². The number of nitrogens with one attached hydrogen (secondary N) is 1. The number of nitrogens with zero attached hydrogens (tertiary/aromatic N) is 2. The zero-order valence-corrected chi connectivity index (χ0v) is 10.3. The summed E-state index contributed by atoms with van der Waals surface area (Å²) in [6, 6.07) is 3.77. The second-order valence-electron chi connectivity index (χ2n) is 3.98. The molecular weight excluding hydrogens is 202 g/mol. The maximum absolute atomic E-state index is 11.7. The van der Waals surface area contributed by atoms with Gasteiger partial charge in [-0.15, -0.1) is 0 Å². The summed E-state index contributed by atoms with van der Waals surface area (Å²) >= 11 is 0. The summed E-state index contributed by atoms with van der Waals surface area (Å²) in [4.78, 5) is 17.6. The van der Waals surface area contributed by atoms with Crippen LogP contribution in [-0.2, 0) is 4.79 Å². The Balaban J connectivity index is 2.77. The van der Waals surface area contributed by atoms with Crippen LogP contribution in [0.2, 0.25) is 0 Å². The van der Waals surface area contributed by atoms with Crippen molar-refractivity contribution >= 4 is 17.4 Å². The number of amides is 1. The lowest BCUT2D eigenvalue weighted by Crippen LogP contribution is -2.30. The Hall–Kier alpha value is -1.58. The third kappa shape index (κ3) is 2.95. The quantitative estimate of drug-likeness (QED) is 0.847. The summed E-state index contributed by atoms with van der Waals surface area (Å²) in [7, 11) is 1.77. The van der Waals surface area contributed by atoms with Crippen molar-refractivity contribution in [2.75, 3.05) is 23.8 Å². The molecule has 0 bridgehead atoms. The fourth-order valence-corrected chi connectivity index (χ4v) is 1.38. The van der Waals surface area contributed by atoms with Gasteiger partial charge in [-0.1, -0.05) is 13.8 Å². The van der Waals surface area contributed by atoms with Crippen molar-refractivity contribution in [3.05, 3.63) is 18.3 Å². The minimum atomic E-state index is -0.00144. The summed E-state index contributed by atoms with van der Waals surface area (Å²) in [5, 5.41) is 3.11. The molecule has 0 saturated carbocycles. The van der Waals surface area contributed by atoms with Crippen LogP contribution in [0.25, 0.3) is 0 Å². The van der Waals surface area contributed by atoms with Crippen molar-refractivity contribution in [1.29, 1.82) is 0 Å². The van der Waals surface area contributed by atoms with Crippen molar-refractivity contribution in [2.45, 2.75) is 20.8 Å². The van der Waals surface area contributed by atoms with Gasteiger partial charge >= 0.3 is 0 Å². The van der Waals surface area contributed by atoms with E-state index in [1.54, 1.807) is 18.1 Å². The summed E-state index contributed by atoms with van der Waals surface area (Å²) in [6.45, 7) is 6.63. The lowest BCUT2D eigenvalue weighted by molar-refractivity contribution is -0.121. The molecule has 0 unspecified atom stereocenters. The van der Waals surface area contributed by atoms with Crippen LogP contribution in [0.3, 0.4) is 0 Å². The molecular formula is C12H19N3O. The molecule has 0 aliphatic carbocycles. The average molecular weight is 221 g/mol. The van der Waals surface area contributed by atoms with Gasteiger partial charge in [-0.3, -0.25) is 4.79 Å². The number of pyridine rings is 1. The highest BCUT2D eigenvalue weighted by Crippen LogP contribution is 2.15. The van der Waals surface area contributed by atoms with Gasteiger partial charge in [0.15, 0.2) is 0 Å². The van der Waals surface area contributed by atoms with Crippen molar-refractivity contribution in [2.24, 2.45) is 5.92 Å². The number of carbonyl (C=O) groups excluding carboxylic acids is 1. The highest BCUT2D eigenvalue weighted by molar-refractivity contribution is 5.93. The molecule has 1 aromatic rings. The number of hydrogen-bond donors (Lipinski definition) is 1. The van der Waals surface area contributed by atoms with E-state index in [-0.39, 0.29) is 11.8 Å². The first-order valence-corrected chi connectivity index (χ1v) is 5.53. The maximum Gasteiger partial charge on any atom is 0.229 e. The predicted octanol–water partition coefficient (Wildman–Crippen LogP) is 2.13. The molecule has 0 spiro atoms. The molecule has 0 aromatic carbocycles. The first-order chi connectivity index (χ1) is 7.56. The molecule has 1 rings (SSSR count). The van der Waals surface area contributed by atoms with Crippen LogP contribution in [0.1, 0.15) is 20.8 Å². The molecule has 0 saturated heterocycles. The maximum atomic E-state index is 11.7. The molecule has 0 aliphatic heterocycles. The smallest absolute Gasteiger partial charge is 0.229 e. The molecule has 4 nitrogen and oxygen atoms in total. The molecule has 1 amide bonds. The van der Waals surface area contributed by atoms with Gasteiger partial charge in [-0.25, -0.2) is 4.98 Å². The van der Waals surface area contributed by atoms with E-state index in [1.807, 2.05) is 32.9 Å². The van der Waals surface area contributed by atoms with E-state index in [2.05, 4.69) is 10.3 Å². The Morgan fingerprint density at radius 1 is 1.50 bits per heavy atom. The molecule has 0 fully saturated rings. The average Bonchev–Trinajstić information content (AvgIpc) is 2.28. The first-order valence-electron chi connectivity index (χ1n) is 5.53. The van der Waals surface area contributed by atoms with Crippen LogP contribution < -0.4 is 10.2 Å². The predicted molar refractivity (Wildman–Crippen MR) is 66.6 cm³/mol. The van der Waals surface area contributed by atoms with Crippen molar-refractivity contribution in [3.63, 3.8) is 0 Å². The van der Waals surface area contributed by atoms with Crippen LogP contribution >= 0.6 is 0 Å². The van der Waals surface area contributed by atoms with E-state index in [9.17, 15) is 4.79 Å². The lowest BCUT2D eigenvalue weighted by atomic mass is 10.2. The van der Waals surface area contributed by atoms with Crippen molar-refractivity contribution in [1.82, 2.24) is 4.98 Å². The van der Waals surface area contributed by atoms with E-state index < -0.39 is 0 Å². The number of rotatable bonds is 4. The Morgan fingerprint density at radius 3 is 2.62 bits per heavy atom. The SMILES string of the molecule is CCNc1ccc(N(C)C(=O)C(C)C)cn1. The third-order valence-electron chi connectivity index (χ3n) is 2.32. The van der Waals surface area contributed by atoms with Crippen molar-refractivity contribution in [3.8, 4) is 0 Å². The van der Waals surface area contributed by atoms with Gasteiger partial charge in [0.05, 0.1) is 11.9 Å². The summed E-state index contributed by atoms with van der Waals surface area (Å²) in [6.07, 6.45) is 1.71. The topological polar surface area (TPSA) is 45.2 Å². The molecule has 1 aromatic heterocycles. The molecule has 0 radical (unpaired) electrons. The Morgan fingerprint density at radius 2 is 2.19 bits per heavy atom. The fraction of sp³-hybridized carbons (Fsp3) is 0.500. The Labute approximate surface area is 96.7 Å². The molecule has 1 heterocycles. The second-order valence-corrected chi connectivity index (χ2v) is 3.98. The standard InChI is InChI=1S/C12H19N3O/c1-5-13-11-7-6-10(8-14-11)15(4)12(16)9(2)3/h6-9H,5H2,1-4H3,(H,13,14). The molecule has 16 heavy (non-hydrogen) atoms. The Kier molecular flexibility index (Phi) is 4.28. The third-order valence-corrected chi connectivity index (χ3v) is 2.32. The van der Waals surface area contributed by atoms with Crippen LogP contribution in [0.15, 0.2) is 18.3 Å². The van der Waals surface area contributed by atoms with Gasteiger partial charge < -0.3 is 10.2 Å². The van der Waals surface area contributed by atoms with Gasteiger partial charge in [0.25, 0.3) is 0 Å². The Bertz CT molecular complexity index is 346. The molecule has 0 atom stereocenters. The van der Waals surface area contributed by atoms with E-state index in [4.69, 9.17) is 0 Å². The van der Waals surface area contributed by atoms with E-state index in [0.29, 0.717) is 0 Å². The highest BCUT2D eigenvalue weighted by atomic mass is 16.2. The van der Waals surface area contributed by atoms with Crippen LogP contribution in [0, 0.1) is 5.92 Å².